The van der Waals surface area contributed by atoms with Crippen molar-refractivity contribution in [2.24, 2.45) is 4.99 Å². The molecule has 31 heavy (non-hydrogen) atoms. The van der Waals surface area contributed by atoms with Crippen molar-refractivity contribution in [2.45, 2.75) is 51.9 Å². The van der Waals surface area contributed by atoms with Gasteiger partial charge in [-0.15, -0.1) is 0 Å². The molecule has 2 unspecified atom stereocenters. The number of hydrogen-bond donors (Lipinski definition) is 3. The summed E-state index contributed by atoms with van der Waals surface area (Å²) in [5, 5.41) is 9.73. The van der Waals surface area contributed by atoms with Crippen LogP contribution in [0.1, 0.15) is 37.8 Å². The monoisotopic (exact) mass is 421 g/mol. The van der Waals surface area contributed by atoms with Crippen LogP contribution in [-0.2, 0) is 17.9 Å². The molecule has 1 saturated heterocycles. The van der Waals surface area contributed by atoms with Crippen molar-refractivity contribution in [3.8, 4) is 0 Å². The molecule has 2 aromatic carbocycles. The molecule has 0 bridgehead atoms. The minimum absolute atomic E-state index is 0.0768. The summed E-state index contributed by atoms with van der Waals surface area (Å²) in [4.78, 5) is 19.2. The third-order valence-electron chi connectivity index (χ3n) is 5.64. The lowest BCUT2D eigenvalue weighted by Crippen LogP contribution is -2.51. The highest BCUT2D eigenvalue weighted by atomic mass is 16.1. The molecule has 0 saturated carbocycles. The van der Waals surface area contributed by atoms with Gasteiger partial charge in [0.25, 0.3) is 0 Å². The van der Waals surface area contributed by atoms with Crippen LogP contribution in [0.15, 0.2) is 65.7 Å². The number of aliphatic imine (C=N–C) groups is 1. The number of benzene rings is 2. The highest BCUT2D eigenvalue weighted by Crippen LogP contribution is 2.19. The number of amides is 1. The van der Waals surface area contributed by atoms with Gasteiger partial charge in [0.2, 0.25) is 5.91 Å². The lowest BCUT2D eigenvalue weighted by atomic mass is 9.97. The van der Waals surface area contributed by atoms with Gasteiger partial charge in [0, 0.05) is 38.3 Å². The van der Waals surface area contributed by atoms with Crippen LogP contribution in [0.2, 0.25) is 0 Å². The van der Waals surface area contributed by atoms with Gasteiger partial charge < -0.3 is 16.0 Å². The number of hydrogen-bond acceptors (Lipinski definition) is 3. The molecule has 2 atom stereocenters. The average Bonchev–Trinajstić information content (AvgIpc) is 2.79. The van der Waals surface area contributed by atoms with Crippen LogP contribution in [0.5, 0.6) is 0 Å². The summed E-state index contributed by atoms with van der Waals surface area (Å²) in [5.74, 6) is 0.637. The maximum Gasteiger partial charge on any atom is 0.242 e. The first-order valence-electron chi connectivity index (χ1n) is 11.3. The standard InChI is InChI=1S/C25H35N5O/c1-3-26-25(28-18-24(31)27-17-21-10-6-4-7-11-21)29-23-14-15-30(20(2)16-23)19-22-12-8-5-9-13-22/h4-13,20,23H,3,14-19H2,1-2H3,(H,27,31)(H2,26,28,29). The average molecular weight is 422 g/mol. The molecule has 3 rings (SSSR count). The van der Waals surface area contributed by atoms with Gasteiger partial charge in [-0.1, -0.05) is 60.7 Å². The van der Waals surface area contributed by atoms with E-state index in [1.807, 2.05) is 37.3 Å². The van der Waals surface area contributed by atoms with E-state index in [1.54, 1.807) is 0 Å². The van der Waals surface area contributed by atoms with Gasteiger partial charge in [-0.25, -0.2) is 4.99 Å². The molecular formula is C25H35N5O. The van der Waals surface area contributed by atoms with E-state index in [2.05, 4.69) is 63.1 Å². The van der Waals surface area contributed by atoms with Gasteiger partial charge >= 0.3 is 0 Å². The van der Waals surface area contributed by atoms with E-state index in [0.717, 1.165) is 38.0 Å². The maximum atomic E-state index is 12.2. The van der Waals surface area contributed by atoms with Crippen LogP contribution in [0, 0.1) is 0 Å². The smallest absolute Gasteiger partial charge is 0.242 e. The number of piperidine rings is 1. The Labute approximate surface area is 186 Å². The number of guanidine groups is 1. The quantitative estimate of drug-likeness (QED) is 0.453. The molecule has 0 spiro atoms. The Morgan fingerprint density at radius 3 is 2.35 bits per heavy atom. The molecule has 1 fully saturated rings. The zero-order chi connectivity index (χ0) is 21.9. The molecule has 1 aliphatic heterocycles. The van der Waals surface area contributed by atoms with Gasteiger partial charge in [0.1, 0.15) is 6.54 Å². The Morgan fingerprint density at radius 1 is 1.03 bits per heavy atom. The molecule has 1 heterocycles. The summed E-state index contributed by atoms with van der Waals surface area (Å²) < 4.78 is 0. The molecule has 1 amide bonds. The lowest BCUT2D eigenvalue weighted by molar-refractivity contribution is -0.119. The first-order chi connectivity index (χ1) is 15.1. The summed E-state index contributed by atoms with van der Waals surface area (Å²) in [7, 11) is 0. The van der Waals surface area contributed by atoms with Crippen molar-refractivity contribution in [1.82, 2.24) is 20.9 Å². The van der Waals surface area contributed by atoms with Crippen LogP contribution in [0.3, 0.4) is 0 Å². The minimum Gasteiger partial charge on any atom is -0.357 e. The van der Waals surface area contributed by atoms with Gasteiger partial charge in [-0.05, 0) is 37.8 Å². The number of likely N-dealkylation sites (tertiary alicyclic amines) is 1. The van der Waals surface area contributed by atoms with E-state index in [4.69, 9.17) is 0 Å². The summed E-state index contributed by atoms with van der Waals surface area (Å²) in [5.41, 5.74) is 2.44. The minimum atomic E-state index is -0.0768. The van der Waals surface area contributed by atoms with E-state index in [9.17, 15) is 4.79 Å². The van der Waals surface area contributed by atoms with Crippen LogP contribution in [-0.4, -0.2) is 48.5 Å². The number of carbonyl (C=O) groups excluding carboxylic acids is 1. The third kappa shape index (κ3) is 7.72. The predicted octanol–water partition coefficient (Wildman–Crippen LogP) is 2.91. The summed E-state index contributed by atoms with van der Waals surface area (Å²) in [6.07, 6.45) is 2.11. The number of rotatable bonds is 8. The van der Waals surface area contributed by atoms with Crippen LogP contribution in [0.25, 0.3) is 0 Å². The van der Waals surface area contributed by atoms with E-state index in [0.29, 0.717) is 24.6 Å². The molecular weight excluding hydrogens is 386 g/mol. The Hall–Kier alpha value is -2.86. The highest BCUT2D eigenvalue weighted by molar-refractivity contribution is 5.85. The topological polar surface area (TPSA) is 68.8 Å². The second-order valence-corrected chi connectivity index (χ2v) is 8.13. The zero-order valence-corrected chi connectivity index (χ0v) is 18.7. The fourth-order valence-electron chi connectivity index (χ4n) is 3.92. The first kappa shape index (κ1) is 22.8. The van der Waals surface area contributed by atoms with Crippen molar-refractivity contribution >= 4 is 11.9 Å². The Morgan fingerprint density at radius 2 is 1.71 bits per heavy atom. The molecule has 0 aromatic heterocycles. The fraction of sp³-hybridized carbons (Fsp3) is 0.440. The molecule has 0 radical (unpaired) electrons. The van der Waals surface area contributed by atoms with Gasteiger partial charge in [-0.2, -0.15) is 0 Å². The van der Waals surface area contributed by atoms with Crippen molar-refractivity contribution in [3.63, 3.8) is 0 Å². The normalized spacial score (nSPS) is 19.6. The summed E-state index contributed by atoms with van der Waals surface area (Å²) >= 11 is 0. The second-order valence-electron chi connectivity index (χ2n) is 8.13. The van der Waals surface area contributed by atoms with Gasteiger partial charge in [0.05, 0.1) is 0 Å². The Bertz CT molecular complexity index is 824. The van der Waals surface area contributed by atoms with Crippen LogP contribution in [0.4, 0.5) is 0 Å². The number of nitrogens with zero attached hydrogens (tertiary/aromatic N) is 2. The van der Waals surface area contributed by atoms with Gasteiger partial charge in [0.15, 0.2) is 5.96 Å². The largest absolute Gasteiger partial charge is 0.357 e. The lowest BCUT2D eigenvalue weighted by Gasteiger charge is -2.38. The molecule has 0 aliphatic carbocycles. The Kier molecular flexibility index (Phi) is 8.91. The van der Waals surface area contributed by atoms with Crippen molar-refractivity contribution in [3.05, 3.63) is 71.8 Å². The zero-order valence-electron chi connectivity index (χ0n) is 18.7. The van der Waals surface area contributed by atoms with Gasteiger partial charge in [-0.3, -0.25) is 9.69 Å². The Balaban J connectivity index is 1.46. The van der Waals surface area contributed by atoms with E-state index < -0.39 is 0 Å². The number of nitrogens with one attached hydrogen (secondary N) is 3. The molecule has 3 N–H and O–H groups in total. The van der Waals surface area contributed by atoms with E-state index >= 15 is 0 Å². The summed E-state index contributed by atoms with van der Waals surface area (Å²) in [6, 6.07) is 21.4. The predicted molar refractivity (Wildman–Crippen MR) is 127 cm³/mol. The number of carbonyl (C=O) groups is 1. The van der Waals surface area contributed by atoms with Crippen LogP contribution < -0.4 is 16.0 Å². The third-order valence-corrected chi connectivity index (χ3v) is 5.64. The summed E-state index contributed by atoms with van der Waals surface area (Å²) in [6.45, 7) is 7.77. The maximum absolute atomic E-state index is 12.2. The molecule has 166 valence electrons. The SMILES string of the molecule is CCNC(=NCC(=O)NCc1ccccc1)NC1CCN(Cc2ccccc2)C(C)C1. The molecule has 6 nitrogen and oxygen atoms in total. The molecule has 6 heteroatoms. The first-order valence-corrected chi connectivity index (χ1v) is 11.3. The second kappa shape index (κ2) is 12.1. The van der Waals surface area contributed by atoms with E-state index in [1.165, 1.54) is 5.56 Å². The van der Waals surface area contributed by atoms with Crippen molar-refractivity contribution in [1.29, 1.82) is 0 Å². The molecule has 1 aliphatic rings. The fourth-order valence-corrected chi connectivity index (χ4v) is 3.92. The van der Waals surface area contributed by atoms with E-state index in [-0.39, 0.29) is 12.5 Å². The molecule has 2 aromatic rings. The van der Waals surface area contributed by atoms with Crippen molar-refractivity contribution in [2.75, 3.05) is 19.6 Å². The highest BCUT2D eigenvalue weighted by Gasteiger charge is 2.26. The van der Waals surface area contributed by atoms with Crippen LogP contribution >= 0.6 is 0 Å². The van der Waals surface area contributed by atoms with Crippen molar-refractivity contribution < 1.29 is 4.79 Å².